The summed E-state index contributed by atoms with van der Waals surface area (Å²) in [6.45, 7) is 5.10. The molecule has 6 nitrogen and oxygen atoms in total. The lowest BCUT2D eigenvalue weighted by Gasteiger charge is -2.26. The Bertz CT molecular complexity index is 504. The third-order valence-electron chi connectivity index (χ3n) is 2.75. The molecular formula is C15H21NO5. The van der Waals surface area contributed by atoms with Crippen LogP contribution in [0.1, 0.15) is 32.4 Å². The Kier molecular flexibility index (Phi) is 5.32. The molecule has 21 heavy (non-hydrogen) atoms. The van der Waals surface area contributed by atoms with Crippen molar-refractivity contribution >= 4 is 11.9 Å². The van der Waals surface area contributed by atoms with Crippen molar-refractivity contribution in [2.45, 2.75) is 32.4 Å². The molecule has 2 unspecified atom stereocenters. The largest absolute Gasteiger partial charge is 0.508 e. The quantitative estimate of drug-likeness (QED) is 0.645. The molecule has 0 radical (unpaired) electrons. The van der Waals surface area contributed by atoms with Gasteiger partial charge in [-0.3, -0.25) is 9.59 Å². The third kappa shape index (κ3) is 4.75. The van der Waals surface area contributed by atoms with Crippen LogP contribution in [0.5, 0.6) is 5.75 Å². The number of aromatic hydroxyl groups is 1. The average Bonchev–Trinajstić information content (AvgIpc) is 2.37. The van der Waals surface area contributed by atoms with E-state index in [1.165, 1.54) is 19.2 Å². The zero-order valence-electron chi connectivity index (χ0n) is 12.6. The predicted octanol–water partition coefficient (Wildman–Crippen LogP) is 1.52. The van der Waals surface area contributed by atoms with E-state index in [2.05, 4.69) is 4.74 Å². The van der Waals surface area contributed by atoms with E-state index < -0.39 is 29.5 Å². The first-order chi connectivity index (χ1) is 9.65. The monoisotopic (exact) mass is 295 g/mol. The Balaban J connectivity index is 3.04. The van der Waals surface area contributed by atoms with Crippen molar-refractivity contribution in [3.63, 3.8) is 0 Å². The van der Waals surface area contributed by atoms with Crippen LogP contribution in [0, 0.1) is 5.92 Å². The molecule has 116 valence electrons. The number of hydrogen-bond acceptors (Lipinski definition) is 6. The van der Waals surface area contributed by atoms with E-state index in [-0.39, 0.29) is 5.75 Å². The second-order valence-corrected chi connectivity index (χ2v) is 5.65. The van der Waals surface area contributed by atoms with Gasteiger partial charge in [0.05, 0.1) is 13.2 Å². The van der Waals surface area contributed by atoms with Crippen LogP contribution in [0.15, 0.2) is 24.3 Å². The van der Waals surface area contributed by atoms with Gasteiger partial charge in [-0.1, -0.05) is 12.1 Å². The first-order valence-corrected chi connectivity index (χ1v) is 6.51. The summed E-state index contributed by atoms with van der Waals surface area (Å²) in [6, 6.07) is 5.02. The van der Waals surface area contributed by atoms with Crippen LogP contribution in [0.3, 0.4) is 0 Å². The minimum absolute atomic E-state index is 0.0674. The zero-order chi connectivity index (χ0) is 16.2. The molecule has 0 spiro atoms. The summed E-state index contributed by atoms with van der Waals surface area (Å²) in [5.74, 6) is -2.70. The van der Waals surface area contributed by atoms with Gasteiger partial charge in [-0.05, 0) is 38.5 Å². The fourth-order valence-electron chi connectivity index (χ4n) is 1.77. The number of benzene rings is 1. The van der Waals surface area contributed by atoms with E-state index in [1.54, 1.807) is 32.9 Å². The minimum Gasteiger partial charge on any atom is -0.508 e. The van der Waals surface area contributed by atoms with Gasteiger partial charge in [0.2, 0.25) is 0 Å². The fourth-order valence-corrected chi connectivity index (χ4v) is 1.77. The lowest BCUT2D eigenvalue weighted by atomic mass is 9.93. The number of rotatable bonds is 4. The molecule has 0 fully saturated rings. The number of esters is 2. The molecule has 0 saturated heterocycles. The van der Waals surface area contributed by atoms with Gasteiger partial charge in [-0.25, -0.2) is 0 Å². The molecule has 0 saturated carbocycles. The number of methoxy groups -OCH3 is 1. The van der Waals surface area contributed by atoms with E-state index in [1.807, 2.05) is 0 Å². The highest BCUT2D eigenvalue weighted by Gasteiger charge is 2.38. The average molecular weight is 295 g/mol. The van der Waals surface area contributed by atoms with Gasteiger partial charge in [0.1, 0.15) is 11.4 Å². The zero-order valence-corrected chi connectivity index (χ0v) is 12.6. The first kappa shape index (κ1) is 17.0. The predicted molar refractivity (Wildman–Crippen MR) is 76.4 cm³/mol. The van der Waals surface area contributed by atoms with E-state index >= 15 is 0 Å². The number of carbonyl (C=O) groups is 2. The van der Waals surface area contributed by atoms with Gasteiger partial charge in [0, 0.05) is 0 Å². The van der Waals surface area contributed by atoms with Gasteiger partial charge in [-0.2, -0.15) is 0 Å². The smallest absolute Gasteiger partial charge is 0.322 e. The molecule has 0 aliphatic carbocycles. The second kappa shape index (κ2) is 6.58. The number of phenols is 1. The Morgan fingerprint density at radius 2 is 1.67 bits per heavy atom. The lowest BCUT2D eigenvalue weighted by molar-refractivity contribution is -0.169. The molecule has 6 heteroatoms. The third-order valence-corrected chi connectivity index (χ3v) is 2.75. The van der Waals surface area contributed by atoms with Crippen molar-refractivity contribution in [2.24, 2.45) is 11.7 Å². The van der Waals surface area contributed by atoms with Crippen molar-refractivity contribution in [3.05, 3.63) is 29.8 Å². The normalized spacial score (nSPS) is 14.1. The van der Waals surface area contributed by atoms with Crippen LogP contribution in [0.2, 0.25) is 0 Å². The van der Waals surface area contributed by atoms with Gasteiger partial charge >= 0.3 is 11.9 Å². The maximum Gasteiger partial charge on any atom is 0.322 e. The van der Waals surface area contributed by atoms with Gasteiger partial charge in [-0.15, -0.1) is 0 Å². The van der Waals surface area contributed by atoms with E-state index in [4.69, 9.17) is 10.5 Å². The number of nitrogens with two attached hydrogens (primary N) is 1. The van der Waals surface area contributed by atoms with Crippen molar-refractivity contribution in [1.29, 1.82) is 0 Å². The summed E-state index contributed by atoms with van der Waals surface area (Å²) in [6.07, 6.45) is 0. The summed E-state index contributed by atoms with van der Waals surface area (Å²) >= 11 is 0. The van der Waals surface area contributed by atoms with Gasteiger partial charge < -0.3 is 20.3 Å². The summed E-state index contributed by atoms with van der Waals surface area (Å²) in [5.41, 5.74) is 5.79. The highest BCUT2D eigenvalue weighted by atomic mass is 16.6. The molecule has 1 aromatic carbocycles. The molecule has 0 aliphatic heterocycles. The number of carbonyl (C=O) groups excluding carboxylic acids is 2. The fraction of sp³-hybridized carbons (Fsp3) is 0.467. The Labute approximate surface area is 123 Å². The highest BCUT2D eigenvalue weighted by Crippen LogP contribution is 2.25. The topological polar surface area (TPSA) is 98.9 Å². The molecule has 0 aliphatic rings. The standard InChI is InChI=1S/C15H21NO5/c1-15(2,3)21-14(19)11(13(18)20-4)12(16)9-5-7-10(17)8-6-9/h5-8,11-12,17H,16H2,1-4H3. The summed E-state index contributed by atoms with van der Waals surface area (Å²) in [4.78, 5) is 24.1. The summed E-state index contributed by atoms with van der Waals surface area (Å²) in [5, 5.41) is 9.27. The Morgan fingerprint density at radius 1 is 1.14 bits per heavy atom. The first-order valence-electron chi connectivity index (χ1n) is 6.51. The van der Waals surface area contributed by atoms with Crippen LogP contribution < -0.4 is 5.73 Å². The number of ether oxygens (including phenoxy) is 2. The van der Waals surface area contributed by atoms with Crippen molar-refractivity contribution < 1.29 is 24.2 Å². The molecule has 0 heterocycles. The Hall–Kier alpha value is -2.08. The Morgan fingerprint density at radius 3 is 2.10 bits per heavy atom. The molecular weight excluding hydrogens is 274 g/mol. The van der Waals surface area contributed by atoms with Crippen LogP contribution >= 0.6 is 0 Å². The maximum absolute atomic E-state index is 12.2. The second-order valence-electron chi connectivity index (χ2n) is 5.65. The number of phenolic OH excluding ortho intramolecular Hbond substituents is 1. The van der Waals surface area contributed by atoms with Crippen molar-refractivity contribution in [3.8, 4) is 5.75 Å². The van der Waals surface area contributed by atoms with Crippen molar-refractivity contribution in [1.82, 2.24) is 0 Å². The molecule has 1 aromatic rings. The summed E-state index contributed by atoms with van der Waals surface area (Å²) < 4.78 is 9.87. The van der Waals surface area contributed by atoms with Gasteiger partial charge in [0.25, 0.3) is 0 Å². The van der Waals surface area contributed by atoms with E-state index in [0.29, 0.717) is 5.56 Å². The van der Waals surface area contributed by atoms with Crippen LogP contribution in [-0.2, 0) is 19.1 Å². The van der Waals surface area contributed by atoms with Crippen LogP contribution in [0.4, 0.5) is 0 Å². The molecule has 0 aromatic heterocycles. The van der Waals surface area contributed by atoms with Crippen molar-refractivity contribution in [2.75, 3.05) is 7.11 Å². The molecule has 0 bridgehead atoms. The number of hydrogen-bond donors (Lipinski definition) is 2. The molecule has 3 N–H and O–H groups in total. The van der Waals surface area contributed by atoms with E-state index in [9.17, 15) is 14.7 Å². The van der Waals surface area contributed by atoms with Crippen LogP contribution in [0.25, 0.3) is 0 Å². The maximum atomic E-state index is 12.2. The minimum atomic E-state index is -1.27. The SMILES string of the molecule is COC(=O)C(C(=O)OC(C)(C)C)C(N)c1ccc(O)cc1. The lowest BCUT2D eigenvalue weighted by Crippen LogP contribution is -2.39. The molecule has 0 amide bonds. The van der Waals surface area contributed by atoms with E-state index in [0.717, 1.165) is 0 Å². The molecule has 2 atom stereocenters. The molecule has 1 rings (SSSR count). The van der Waals surface area contributed by atoms with Crippen LogP contribution in [-0.4, -0.2) is 29.8 Å². The highest BCUT2D eigenvalue weighted by molar-refractivity contribution is 5.96. The van der Waals surface area contributed by atoms with Gasteiger partial charge in [0.15, 0.2) is 5.92 Å². The summed E-state index contributed by atoms with van der Waals surface area (Å²) in [7, 11) is 1.18.